The van der Waals surface area contributed by atoms with E-state index in [-0.39, 0.29) is 42.7 Å². The Labute approximate surface area is 195 Å². The fraction of sp³-hybridized carbons (Fsp3) is 0.250. The molecular formula is C24H27Cl2N3O2. The minimum absolute atomic E-state index is 0. The van der Waals surface area contributed by atoms with Crippen molar-refractivity contribution >= 4 is 30.7 Å². The number of carbonyl (C=O) groups is 1. The number of nitrogens with two attached hydrogens (primary N) is 1. The lowest BCUT2D eigenvalue weighted by Gasteiger charge is -2.17. The number of nitrogens with zero attached hydrogens (tertiary/aromatic N) is 2. The molecule has 2 aromatic carbocycles. The van der Waals surface area contributed by atoms with E-state index >= 15 is 0 Å². The average molecular weight is 460 g/mol. The van der Waals surface area contributed by atoms with E-state index in [1.807, 2.05) is 66.4 Å². The van der Waals surface area contributed by atoms with Gasteiger partial charge in [0.15, 0.2) is 0 Å². The van der Waals surface area contributed by atoms with Gasteiger partial charge in [-0.05, 0) is 42.3 Å². The van der Waals surface area contributed by atoms with E-state index in [1.54, 1.807) is 6.20 Å². The number of hydrogen-bond acceptors (Lipinski definition) is 4. The van der Waals surface area contributed by atoms with E-state index in [1.165, 1.54) is 5.56 Å². The maximum absolute atomic E-state index is 13.1. The Hall–Kier alpha value is -2.60. The van der Waals surface area contributed by atoms with Gasteiger partial charge in [-0.25, -0.2) is 0 Å². The molecule has 164 valence electrons. The van der Waals surface area contributed by atoms with Crippen molar-refractivity contribution in [1.29, 1.82) is 0 Å². The number of ether oxygens (including phenoxy) is 1. The summed E-state index contributed by atoms with van der Waals surface area (Å²) in [5.74, 6) is 0.891. The van der Waals surface area contributed by atoms with E-state index in [0.717, 1.165) is 11.3 Å². The summed E-state index contributed by atoms with van der Waals surface area (Å²) in [5, 5.41) is 0. The van der Waals surface area contributed by atoms with Crippen molar-refractivity contribution in [2.24, 2.45) is 5.73 Å². The van der Waals surface area contributed by atoms with Crippen molar-refractivity contribution in [1.82, 2.24) is 9.88 Å². The van der Waals surface area contributed by atoms with Crippen LogP contribution in [0.1, 0.15) is 33.1 Å². The van der Waals surface area contributed by atoms with Gasteiger partial charge in [-0.1, -0.05) is 42.5 Å². The number of aromatic nitrogens is 1. The first kappa shape index (κ1) is 24.7. The number of aryl methyl sites for hydroxylation is 1. The number of likely N-dealkylation sites (tertiary alicyclic amines) is 1. The highest BCUT2D eigenvalue weighted by Gasteiger charge is 2.34. The predicted octanol–water partition coefficient (Wildman–Crippen LogP) is 4.38. The highest BCUT2D eigenvalue weighted by atomic mass is 35.5. The Bertz CT molecular complexity index is 984. The molecule has 2 atom stereocenters. The lowest BCUT2D eigenvalue weighted by molar-refractivity contribution is 0.0789. The molecule has 1 aliphatic heterocycles. The van der Waals surface area contributed by atoms with Crippen LogP contribution < -0.4 is 10.5 Å². The van der Waals surface area contributed by atoms with E-state index in [2.05, 4.69) is 17.1 Å². The largest absolute Gasteiger partial charge is 0.487 e. The molecule has 0 bridgehead atoms. The zero-order chi connectivity index (χ0) is 20.2. The molecule has 4 rings (SSSR count). The van der Waals surface area contributed by atoms with Gasteiger partial charge in [-0.15, -0.1) is 24.8 Å². The fourth-order valence-electron chi connectivity index (χ4n) is 3.73. The van der Waals surface area contributed by atoms with Crippen LogP contribution in [-0.2, 0) is 6.61 Å². The lowest BCUT2D eigenvalue weighted by Crippen LogP contribution is -2.32. The molecule has 5 nitrogen and oxygen atoms in total. The molecule has 0 radical (unpaired) electrons. The number of halogens is 2. The molecule has 2 N–H and O–H groups in total. The second-order valence-electron chi connectivity index (χ2n) is 7.52. The maximum atomic E-state index is 13.1. The quantitative estimate of drug-likeness (QED) is 0.614. The van der Waals surface area contributed by atoms with Crippen LogP contribution in [0.3, 0.4) is 0 Å². The normalized spacial score (nSPS) is 17.4. The van der Waals surface area contributed by atoms with Gasteiger partial charge in [-0.3, -0.25) is 9.78 Å². The van der Waals surface area contributed by atoms with E-state index in [0.29, 0.717) is 31.0 Å². The van der Waals surface area contributed by atoms with Gasteiger partial charge in [0.05, 0.1) is 6.20 Å². The Morgan fingerprint density at radius 2 is 1.84 bits per heavy atom. The third kappa shape index (κ3) is 5.97. The number of rotatable bonds is 5. The summed E-state index contributed by atoms with van der Waals surface area (Å²) >= 11 is 0. The number of amides is 1. The summed E-state index contributed by atoms with van der Waals surface area (Å²) in [6.45, 7) is 3.53. The molecule has 2 heterocycles. The van der Waals surface area contributed by atoms with Gasteiger partial charge < -0.3 is 15.4 Å². The Kier molecular flexibility index (Phi) is 8.87. The summed E-state index contributed by atoms with van der Waals surface area (Å²) in [6, 6.07) is 21.5. The molecule has 7 heteroatoms. The monoisotopic (exact) mass is 459 g/mol. The Balaban J connectivity index is 0.00000171. The van der Waals surface area contributed by atoms with Crippen LogP contribution in [0, 0.1) is 6.92 Å². The summed E-state index contributed by atoms with van der Waals surface area (Å²) < 4.78 is 5.79. The second kappa shape index (κ2) is 11.1. The number of benzene rings is 2. The summed E-state index contributed by atoms with van der Waals surface area (Å²) in [7, 11) is 0. The first-order valence-corrected chi connectivity index (χ1v) is 9.84. The molecule has 1 amide bonds. The van der Waals surface area contributed by atoms with Gasteiger partial charge in [0.1, 0.15) is 12.4 Å². The molecule has 1 saturated heterocycles. The predicted molar refractivity (Wildman–Crippen MR) is 127 cm³/mol. The van der Waals surface area contributed by atoms with Crippen LogP contribution in [0.15, 0.2) is 72.9 Å². The molecule has 0 unspecified atom stereocenters. The first-order chi connectivity index (χ1) is 14.1. The summed E-state index contributed by atoms with van der Waals surface area (Å²) in [6.07, 6.45) is 1.71. The minimum atomic E-state index is -0.0538. The van der Waals surface area contributed by atoms with Crippen molar-refractivity contribution in [3.8, 4) is 5.75 Å². The van der Waals surface area contributed by atoms with Gasteiger partial charge >= 0.3 is 0 Å². The third-order valence-electron chi connectivity index (χ3n) is 5.34. The van der Waals surface area contributed by atoms with Gasteiger partial charge in [-0.2, -0.15) is 0 Å². The molecule has 3 aromatic rings. The van der Waals surface area contributed by atoms with Crippen molar-refractivity contribution < 1.29 is 9.53 Å². The smallest absolute Gasteiger partial charge is 0.253 e. The highest BCUT2D eigenvalue weighted by Crippen LogP contribution is 2.27. The van der Waals surface area contributed by atoms with Crippen molar-refractivity contribution in [2.75, 3.05) is 13.1 Å². The summed E-state index contributed by atoms with van der Waals surface area (Å²) in [4.78, 5) is 19.1. The standard InChI is InChI=1S/C24H25N3O2.2ClH/c1-17-10-11-21(13-26-17)29-16-18-6-5-9-20(12-18)24(28)27-14-22(23(25)15-27)19-7-3-2-4-8-19;;/h2-13,22-23H,14-16,25H2,1H3;2*1H/t22-,23+;;/m0../s1. The van der Waals surface area contributed by atoms with Crippen LogP contribution in [0.2, 0.25) is 0 Å². The van der Waals surface area contributed by atoms with Gasteiger partial charge in [0, 0.05) is 36.3 Å². The highest BCUT2D eigenvalue weighted by molar-refractivity contribution is 5.94. The van der Waals surface area contributed by atoms with E-state index in [4.69, 9.17) is 10.5 Å². The van der Waals surface area contributed by atoms with Crippen LogP contribution in [0.25, 0.3) is 0 Å². The van der Waals surface area contributed by atoms with Crippen molar-refractivity contribution in [2.45, 2.75) is 25.5 Å². The van der Waals surface area contributed by atoms with Crippen molar-refractivity contribution in [3.05, 3.63) is 95.3 Å². The summed E-state index contributed by atoms with van der Waals surface area (Å²) in [5.41, 5.74) is 10.1. The average Bonchev–Trinajstić information content (AvgIpc) is 3.15. The second-order valence-corrected chi connectivity index (χ2v) is 7.52. The molecule has 1 aliphatic rings. The van der Waals surface area contributed by atoms with Gasteiger partial charge in [0.2, 0.25) is 0 Å². The SMILES string of the molecule is Cc1ccc(OCc2cccc(C(=O)N3C[C@@H](N)[C@H](c4ccccc4)C3)c2)cn1.Cl.Cl. The zero-order valence-electron chi connectivity index (χ0n) is 17.3. The van der Waals surface area contributed by atoms with Crippen LogP contribution in [0.5, 0.6) is 5.75 Å². The molecule has 1 fully saturated rings. The lowest BCUT2D eigenvalue weighted by atomic mass is 9.95. The fourth-order valence-corrected chi connectivity index (χ4v) is 3.73. The molecule has 0 spiro atoms. The van der Waals surface area contributed by atoms with E-state index in [9.17, 15) is 4.79 Å². The Morgan fingerprint density at radius 1 is 1.06 bits per heavy atom. The van der Waals surface area contributed by atoms with E-state index < -0.39 is 0 Å². The number of hydrogen-bond donors (Lipinski definition) is 1. The van der Waals surface area contributed by atoms with Crippen LogP contribution in [-0.4, -0.2) is 34.9 Å². The van der Waals surface area contributed by atoms with Crippen LogP contribution >= 0.6 is 24.8 Å². The number of carbonyl (C=O) groups excluding carboxylic acids is 1. The topological polar surface area (TPSA) is 68.5 Å². The maximum Gasteiger partial charge on any atom is 0.253 e. The third-order valence-corrected chi connectivity index (χ3v) is 5.34. The number of pyridine rings is 1. The van der Waals surface area contributed by atoms with Crippen LogP contribution in [0.4, 0.5) is 0 Å². The molecule has 0 aliphatic carbocycles. The zero-order valence-corrected chi connectivity index (χ0v) is 18.9. The van der Waals surface area contributed by atoms with Gasteiger partial charge in [0.25, 0.3) is 5.91 Å². The Morgan fingerprint density at radius 3 is 2.55 bits per heavy atom. The minimum Gasteiger partial charge on any atom is -0.487 e. The molecule has 0 saturated carbocycles. The van der Waals surface area contributed by atoms with Crippen molar-refractivity contribution in [3.63, 3.8) is 0 Å². The molecule has 31 heavy (non-hydrogen) atoms. The molecule has 1 aromatic heterocycles. The molecular weight excluding hydrogens is 433 g/mol. The first-order valence-electron chi connectivity index (χ1n) is 9.84.